The molecule has 0 radical (unpaired) electrons. The monoisotopic (exact) mass is 1280 g/mol. The molecule has 12 aromatic rings. The molecule has 0 unspecified atom stereocenters. The van der Waals surface area contributed by atoms with Crippen molar-refractivity contribution in [2.75, 3.05) is 9.80 Å². The summed E-state index contributed by atoms with van der Waals surface area (Å²) in [6, 6.07) is 91.0. The number of nitrogens with zero attached hydrogens (tertiary/aromatic N) is 3. The Kier molecular flexibility index (Phi) is 19.2. The smallest absolute Gasteiger partial charge is 0.252 e. The predicted octanol–water partition coefficient (Wildman–Crippen LogP) is 25.1. The first kappa shape index (κ1) is 66.1. The molecule has 0 bridgehead atoms. The number of rotatable bonds is 23. The topological polar surface area (TPSA) is 11.4 Å². The lowest BCUT2D eigenvalue weighted by Crippen LogP contribution is -2.61. The first-order valence-corrected chi connectivity index (χ1v) is 37.4. The third-order valence-corrected chi connectivity index (χ3v) is 21.3. The second kappa shape index (κ2) is 28.4. The third-order valence-electron chi connectivity index (χ3n) is 21.3. The lowest BCUT2D eigenvalue weighted by Gasteiger charge is -2.46. The van der Waals surface area contributed by atoms with Crippen LogP contribution in [0.5, 0.6) is 0 Å². The molecular formula is C94H100BN3. The minimum atomic E-state index is -0.153. The lowest BCUT2D eigenvalue weighted by atomic mass is 9.33. The summed E-state index contributed by atoms with van der Waals surface area (Å²) in [5, 5.41) is 2.69. The van der Waals surface area contributed by atoms with Gasteiger partial charge in [0.1, 0.15) is 0 Å². The Labute approximate surface area is 586 Å². The highest BCUT2D eigenvalue weighted by Gasteiger charge is 2.46. The first-order chi connectivity index (χ1) is 47.7. The molecule has 0 saturated carbocycles. The fourth-order valence-corrected chi connectivity index (χ4v) is 16.0. The standard InChI is InChI=1S/C94H100BN3/c1-11-15-23-35-65-48-53-84-80(55-65)81-56-66(36-24-16-12-2)49-54-85(81)96(84)75-50-52-83-87(64-75)98(92-78(71-43-31-21-32-44-71)62-74(94(8,9)10)63-79(92)72-45-33-22-34-46-72)89-59-68(38-26-18-14-4)58-88-90(89)95(83)82-51-47-67(37-25-17-13-3)57-86(82)97(88)91-76(69-39-27-19-28-40-69)60-73(93(5,6)7)61-77(91)70-41-29-20-30-42-70/h19-22,27-34,39-64H,11-18,23-26,35-38H2,1-10H3. The first-order valence-electron chi connectivity index (χ1n) is 37.4. The molecule has 1 aromatic heterocycles. The number of aromatic nitrogens is 1. The zero-order valence-electron chi connectivity index (χ0n) is 60.2. The van der Waals surface area contributed by atoms with Crippen molar-refractivity contribution in [3.05, 3.63) is 264 Å². The summed E-state index contributed by atoms with van der Waals surface area (Å²) in [7, 11) is 0. The van der Waals surface area contributed by atoms with Gasteiger partial charge in [0.05, 0.1) is 22.4 Å². The number of hydrogen-bond acceptors (Lipinski definition) is 2. The van der Waals surface area contributed by atoms with Crippen LogP contribution in [0.2, 0.25) is 0 Å². The maximum absolute atomic E-state index is 2.79. The Hall–Kier alpha value is -9.12. The molecule has 2 aliphatic heterocycles. The van der Waals surface area contributed by atoms with Gasteiger partial charge in [-0.3, -0.25) is 0 Å². The predicted molar refractivity (Wildman–Crippen MR) is 427 cm³/mol. The summed E-state index contributed by atoms with van der Waals surface area (Å²) in [4.78, 5) is 5.58. The zero-order chi connectivity index (χ0) is 67.7. The average molecular weight is 1280 g/mol. The Bertz CT molecular complexity index is 4620. The average Bonchev–Trinajstić information content (AvgIpc) is 0.791. The largest absolute Gasteiger partial charge is 0.310 e. The number of benzene rings is 11. The van der Waals surface area contributed by atoms with Crippen LogP contribution in [0, 0.1) is 0 Å². The molecule has 0 amide bonds. The fraction of sp³-hybridized carbons (Fsp3) is 0.298. The van der Waals surface area contributed by atoms with E-state index in [0.29, 0.717) is 0 Å². The zero-order valence-corrected chi connectivity index (χ0v) is 60.2. The Balaban J connectivity index is 1.14. The van der Waals surface area contributed by atoms with Gasteiger partial charge >= 0.3 is 0 Å². The van der Waals surface area contributed by atoms with E-state index in [9.17, 15) is 0 Å². The molecule has 14 rings (SSSR count). The van der Waals surface area contributed by atoms with E-state index in [4.69, 9.17) is 0 Å². The molecule has 0 aliphatic carbocycles. The summed E-state index contributed by atoms with van der Waals surface area (Å²) >= 11 is 0. The van der Waals surface area contributed by atoms with E-state index in [-0.39, 0.29) is 17.5 Å². The molecule has 0 N–H and O–H groups in total. The van der Waals surface area contributed by atoms with Crippen molar-refractivity contribution in [2.24, 2.45) is 0 Å². The molecule has 2 aliphatic rings. The van der Waals surface area contributed by atoms with E-state index in [1.165, 1.54) is 207 Å². The molecule has 98 heavy (non-hydrogen) atoms. The normalized spacial score (nSPS) is 12.8. The summed E-state index contributed by atoms with van der Waals surface area (Å²) in [5.74, 6) is 0. The van der Waals surface area contributed by atoms with Gasteiger partial charge in [-0.05, 0) is 213 Å². The number of fused-ring (bicyclic) bond motifs is 7. The molecule has 11 aromatic carbocycles. The van der Waals surface area contributed by atoms with Crippen molar-refractivity contribution in [2.45, 2.75) is 183 Å². The summed E-state index contributed by atoms with van der Waals surface area (Å²) < 4.78 is 2.62. The third kappa shape index (κ3) is 12.9. The van der Waals surface area contributed by atoms with Gasteiger partial charge in [-0.1, -0.05) is 272 Å². The van der Waals surface area contributed by atoms with Crippen molar-refractivity contribution in [1.82, 2.24) is 4.57 Å². The number of anilines is 6. The van der Waals surface area contributed by atoms with Crippen LogP contribution in [0.25, 0.3) is 72.0 Å². The summed E-state index contributed by atoms with van der Waals surface area (Å²) in [5.41, 5.74) is 32.8. The van der Waals surface area contributed by atoms with E-state index in [1.807, 2.05) is 0 Å². The van der Waals surface area contributed by atoms with Crippen LogP contribution in [0.15, 0.2) is 231 Å². The van der Waals surface area contributed by atoms with Crippen LogP contribution in [-0.2, 0) is 36.5 Å². The van der Waals surface area contributed by atoms with Gasteiger partial charge in [-0.15, -0.1) is 0 Å². The second-order valence-electron chi connectivity index (χ2n) is 30.5. The van der Waals surface area contributed by atoms with Gasteiger partial charge in [0.15, 0.2) is 0 Å². The van der Waals surface area contributed by atoms with Gasteiger partial charge < -0.3 is 14.4 Å². The van der Waals surface area contributed by atoms with Crippen LogP contribution in [-0.4, -0.2) is 11.3 Å². The Morgan fingerprint density at radius 3 is 1.00 bits per heavy atom. The number of aryl methyl sites for hydroxylation is 4. The van der Waals surface area contributed by atoms with Crippen molar-refractivity contribution >= 4 is 79.0 Å². The van der Waals surface area contributed by atoms with Crippen LogP contribution < -0.4 is 26.2 Å². The molecule has 0 atom stereocenters. The number of hydrogen-bond donors (Lipinski definition) is 0. The molecule has 0 spiro atoms. The van der Waals surface area contributed by atoms with Crippen molar-refractivity contribution < 1.29 is 0 Å². The Morgan fingerprint density at radius 2 is 0.633 bits per heavy atom. The van der Waals surface area contributed by atoms with Gasteiger partial charge in [0.2, 0.25) is 0 Å². The van der Waals surface area contributed by atoms with Gasteiger partial charge in [-0.2, -0.15) is 0 Å². The van der Waals surface area contributed by atoms with Crippen LogP contribution >= 0.6 is 0 Å². The SMILES string of the molecule is CCCCCc1ccc2c(c1)N(c1c(-c3ccccc3)cc(C(C)(C)C)cc1-c1ccccc1)c1cc(CCCCC)cc3c1B2c1ccc(-n2c4ccc(CCCCC)cc4c4cc(CCCCC)ccc42)cc1N3c1c(-c2ccccc2)cc(C(C)(C)C)cc1-c1ccccc1. The summed E-state index contributed by atoms with van der Waals surface area (Å²) in [6.07, 6.45) is 18.4. The van der Waals surface area contributed by atoms with Gasteiger partial charge in [-0.25, -0.2) is 0 Å². The molecule has 494 valence electrons. The highest BCUT2D eigenvalue weighted by atomic mass is 15.2. The second-order valence-corrected chi connectivity index (χ2v) is 30.5. The maximum Gasteiger partial charge on any atom is 0.252 e. The lowest BCUT2D eigenvalue weighted by molar-refractivity contribution is 0.590. The van der Waals surface area contributed by atoms with Crippen LogP contribution in [0.4, 0.5) is 34.1 Å². The summed E-state index contributed by atoms with van der Waals surface area (Å²) in [6.45, 7) is 23.5. The van der Waals surface area contributed by atoms with Gasteiger partial charge in [0, 0.05) is 61.5 Å². The molecule has 0 fully saturated rings. The van der Waals surface area contributed by atoms with E-state index in [0.717, 1.165) is 51.4 Å². The van der Waals surface area contributed by atoms with Crippen molar-refractivity contribution in [3.63, 3.8) is 0 Å². The maximum atomic E-state index is 2.79. The van der Waals surface area contributed by atoms with Gasteiger partial charge in [0.25, 0.3) is 6.71 Å². The molecule has 3 nitrogen and oxygen atoms in total. The highest BCUT2D eigenvalue weighted by molar-refractivity contribution is 7.00. The minimum Gasteiger partial charge on any atom is -0.310 e. The van der Waals surface area contributed by atoms with E-state index in [1.54, 1.807) is 0 Å². The van der Waals surface area contributed by atoms with Crippen LogP contribution in [0.1, 0.15) is 180 Å². The molecule has 4 heteroatoms. The minimum absolute atomic E-state index is 0.112. The molecular weight excluding hydrogens is 1180 g/mol. The fourth-order valence-electron chi connectivity index (χ4n) is 16.0. The van der Waals surface area contributed by atoms with E-state index < -0.39 is 0 Å². The van der Waals surface area contributed by atoms with E-state index >= 15 is 0 Å². The van der Waals surface area contributed by atoms with E-state index in [2.05, 4.69) is 314 Å². The molecule has 0 saturated heterocycles. The highest BCUT2D eigenvalue weighted by Crippen LogP contribution is 2.55. The molecule has 3 heterocycles. The van der Waals surface area contributed by atoms with Crippen molar-refractivity contribution in [3.8, 4) is 50.2 Å². The Morgan fingerprint density at radius 1 is 0.306 bits per heavy atom. The number of unbranched alkanes of at least 4 members (excludes halogenated alkanes) is 8. The van der Waals surface area contributed by atoms with Crippen LogP contribution in [0.3, 0.4) is 0 Å². The van der Waals surface area contributed by atoms with Crippen molar-refractivity contribution in [1.29, 1.82) is 0 Å². The quantitative estimate of drug-likeness (QED) is 0.0467.